The molecule has 0 spiro atoms. The summed E-state index contributed by atoms with van der Waals surface area (Å²) in [7, 11) is 0. The predicted octanol–water partition coefficient (Wildman–Crippen LogP) is 12.2. The van der Waals surface area contributed by atoms with Crippen LogP contribution in [0.3, 0.4) is 0 Å². The number of Topliss-reactive ketones (excluding diaryl/α,β-unsaturated/α-hetero) is 1. The zero-order valence-corrected chi connectivity index (χ0v) is 38.4. The minimum Gasteiger partial charge on any atom is -0.401 e. The minimum atomic E-state index is -0.496. The number of hydrogen-bond donors (Lipinski definition) is 5. The Kier molecular flexibility index (Phi) is 29.4. The van der Waals surface area contributed by atoms with Gasteiger partial charge in [-0.25, -0.2) is 4.39 Å². The van der Waals surface area contributed by atoms with Gasteiger partial charge < -0.3 is 21.7 Å². The van der Waals surface area contributed by atoms with E-state index in [0.29, 0.717) is 46.4 Å². The molecule has 0 bridgehead atoms. The van der Waals surface area contributed by atoms with Crippen molar-refractivity contribution >= 4 is 35.5 Å². The summed E-state index contributed by atoms with van der Waals surface area (Å²) in [6.45, 7) is 42.7. The number of nitrogens with zero attached hydrogens (tertiary/aromatic N) is 2. The van der Waals surface area contributed by atoms with Crippen molar-refractivity contribution in [3.05, 3.63) is 137 Å². The lowest BCUT2D eigenvalue weighted by Crippen LogP contribution is -2.29. The van der Waals surface area contributed by atoms with Gasteiger partial charge in [0.05, 0.1) is 23.6 Å². The van der Waals surface area contributed by atoms with Crippen LogP contribution in [-0.4, -0.2) is 29.8 Å². The molecule has 0 amide bonds. The third-order valence-electron chi connectivity index (χ3n) is 7.89. The van der Waals surface area contributed by atoms with Crippen molar-refractivity contribution in [1.29, 1.82) is 0 Å². The summed E-state index contributed by atoms with van der Waals surface area (Å²) in [6.07, 6.45) is 18.9. The summed E-state index contributed by atoms with van der Waals surface area (Å²) < 4.78 is 14.6. The number of benzene rings is 1. The highest BCUT2D eigenvalue weighted by atomic mass is 32.1. The van der Waals surface area contributed by atoms with Gasteiger partial charge in [-0.2, -0.15) is 0 Å². The number of aliphatic imine (C=N–C) groups is 2. The Bertz CT molecular complexity index is 1800. The lowest BCUT2D eigenvalue weighted by Gasteiger charge is -2.23. The van der Waals surface area contributed by atoms with E-state index in [-0.39, 0.29) is 29.1 Å². The van der Waals surface area contributed by atoms with Crippen LogP contribution in [-0.2, 0) is 11.3 Å². The van der Waals surface area contributed by atoms with E-state index in [9.17, 15) is 9.18 Å². The van der Waals surface area contributed by atoms with Crippen LogP contribution >= 0.6 is 12.6 Å². The van der Waals surface area contributed by atoms with E-state index in [1.54, 1.807) is 19.1 Å². The largest absolute Gasteiger partial charge is 0.401 e. The number of terminal acetylenes is 1. The predicted molar refractivity (Wildman–Crippen MR) is 258 cm³/mol. The van der Waals surface area contributed by atoms with E-state index in [2.05, 4.69) is 117 Å². The molecule has 7 nitrogen and oxygen atoms in total. The minimum absolute atomic E-state index is 0.0593. The molecule has 0 heterocycles. The van der Waals surface area contributed by atoms with E-state index in [0.717, 1.165) is 47.4 Å². The molecule has 5 N–H and O–H groups in total. The van der Waals surface area contributed by atoms with Gasteiger partial charge in [0.1, 0.15) is 11.5 Å². The fourth-order valence-electron chi connectivity index (χ4n) is 4.74. The smallest absolute Gasteiger partial charge is 0.210 e. The van der Waals surface area contributed by atoms with Crippen LogP contribution in [0.1, 0.15) is 114 Å². The van der Waals surface area contributed by atoms with Crippen LogP contribution in [0.25, 0.3) is 0 Å². The average Bonchev–Trinajstić information content (AvgIpc) is 3.19. The summed E-state index contributed by atoms with van der Waals surface area (Å²) >= 11 is 4.26. The molecule has 0 saturated carbocycles. The number of anilines is 1. The molecule has 1 aromatic carbocycles. The van der Waals surface area contributed by atoms with Gasteiger partial charge in [-0.1, -0.05) is 117 Å². The summed E-state index contributed by atoms with van der Waals surface area (Å²) in [5, 5.41) is 9.69. The van der Waals surface area contributed by atoms with E-state index >= 15 is 0 Å². The number of hydrogen-bond acceptors (Lipinski definition) is 8. The van der Waals surface area contributed by atoms with Crippen LogP contribution in [0.2, 0.25) is 0 Å². The maximum atomic E-state index is 14.6. The quantitative estimate of drug-likeness (QED) is 0.0225. The molecule has 2 atom stereocenters. The van der Waals surface area contributed by atoms with E-state index in [1.807, 2.05) is 53.7 Å². The molecule has 9 heteroatoms. The van der Waals surface area contributed by atoms with Crippen LogP contribution in [0.15, 0.2) is 135 Å². The lowest BCUT2D eigenvalue weighted by molar-refractivity contribution is -0.112. The van der Waals surface area contributed by atoms with Gasteiger partial charge in [0.2, 0.25) is 5.78 Å². The Balaban J connectivity index is 0. The second-order valence-corrected chi connectivity index (χ2v) is 14.1. The van der Waals surface area contributed by atoms with Crippen molar-refractivity contribution in [2.45, 2.75) is 121 Å². The summed E-state index contributed by atoms with van der Waals surface area (Å²) in [5.74, 6) is 2.07. The number of rotatable bonds is 20. The van der Waals surface area contributed by atoms with Crippen LogP contribution < -0.4 is 21.7 Å². The maximum Gasteiger partial charge on any atom is 0.210 e. The summed E-state index contributed by atoms with van der Waals surface area (Å²) in [4.78, 5) is 21.6. The Hall–Kier alpha value is -5.07. The third-order valence-corrected chi connectivity index (χ3v) is 8.38. The van der Waals surface area contributed by atoms with E-state index in [1.165, 1.54) is 18.9 Å². The van der Waals surface area contributed by atoms with Crippen molar-refractivity contribution < 1.29 is 9.18 Å². The zero-order chi connectivity index (χ0) is 45.0. The first-order chi connectivity index (χ1) is 27.4. The molecular weight excluding hydrogens is 740 g/mol. The van der Waals surface area contributed by atoms with Gasteiger partial charge in [0.25, 0.3) is 0 Å². The molecule has 58 heavy (non-hydrogen) atoms. The molecular formula is C49H73FN6OS. The Morgan fingerprint density at radius 2 is 1.62 bits per heavy atom. The number of nitrogens with two attached hydrogens (primary N) is 1. The summed E-state index contributed by atoms with van der Waals surface area (Å²) in [6, 6.07) is 4.71. The molecule has 2 rings (SSSR count). The fourth-order valence-corrected chi connectivity index (χ4v) is 5.00. The first-order valence-corrected chi connectivity index (χ1v) is 20.6. The standard InChI is InChI=1S/C41H51FN6OS.2C3H8.C2H6/c1-12-14-15-35(18-16-33(13-2)20-26(5)30(9)44-23-28(7)43)47-31(10)27(6)21-37(46-25(3)4)32(11)45-24-34-17-19-36(42)38(22-34)48-39-40(49)29(8)41(39)50;2*1-3-2;1-2/h2,12,14,17,19-22,33,35,45,47-48,50H,3,7-8,10-11,15-16,18,23-24,43H2,1,4-6,9H3;2*3H2,1-2H3;1-2H3/b14-12-,26-20+,27-21+,44-30?,46-37?;;;. The zero-order valence-electron chi connectivity index (χ0n) is 37.5. The fraction of sp³-hybridized carbons (Fsp3) is 0.408. The molecule has 0 fully saturated rings. The molecule has 0 radical (unpaired) electrons. The van der Waals surface area contributed by atoms with Gasteiger partial charge in [0, 0.05) is 51.8 Å². The summed E-state index contributed by atoms with van der Waals surface area (Å²) in [5.41, 5.74) is 12.9. The van der Waals surface area contributed by atoms with E-state index < -0.39 is 5.82 Å². The SMILES string of the molecule is C#CC(/C=C(\C)C(C)=NCC(=C)N)CCC(C/C=C\C)NC(=C)/C(C)=C/C(=NC(=C)C)C(=C)NCc1ccc(F)c(NC2=C(S)C(=C)C2=O)c1.CC.CCC.CCC. The molecule has 0 aliphatic heterocycles. The maximum absolute atomic E-state index is 14.6. The van der Waals surface area contributed by atoms with E-state index in [4.69, 9.17) is 12.2 Å². The van der Waals surface area contributed by atoms with Crippen LogP contribution in [0.5, 0.6) is 0 Å². The van der Waals surface area contributed by atoms with Crippen molar-refractivity contribution in [3.8, 4) is 12.3 Å². The number of carbonyl (C=O) groups is 1. The molecule has 2 unspecified atom stereocenters. The number of halogens is 1. The highest BCUT2D eigenvalue weighted by molar-refractivity contribution is 7.85. The molecule has 318 valence electrons. The topological polar surface area (TPSA) is 104 Å². The molecule has 0 aromatic heterocycles. The highest BCUT2D eigenvalue weighted by Crippen LogP contribution is 2.33. The van der Waals surface area contributed by atoms with Crippen LogP contribution in [0.4, 0.5) is 10.1 Å². The van der Waals surface area contributed by atoms with Gasteiger partial charge in [-0.05, 0) is 88.8 Å². The van der Waals surface area contributed by atoms with Gasteiger partial charge in [0.15, 0.2) is 0 Å². The number of carbonyl (C=O) groups excluding carboxylic acids is 1. The normalized spacial score (nSPS) is 13.9. The number of thiol groups is 1. The molecule has 1 aliphatic rings. The molecule has 0 saturated heterocycles. The number of ketones is 1. The Morgan fingerprint density at radius 1 is 1.02 bits per heavy atom. The number of allylic oxidation sites excluding steroid dienone is 8. The molecule has 1 aromatic rings. The Labute approximate surface area is 357 Å². The van der Waals surface area contributed by atoms with Crippen LogP contribution in [0, 0.1) is 24.1 Å². The lowest BCUT2D eigenvalue weighted by atomic mass is 9.95. The van der Waals surface area contributed by atoms with Crippen molar-refractivity contribution in [2.75, 3.05) is 11.9 Å². The first-order valence-electron chi connectivity index (χ1n) is 20.1. The second-order valence-electron chi connectivity index (χ2n) is 13.7. The second kappa shape index (κ2) is 31.0. The molecule has 1 aliphatic carbocycles. The van der Waals surface area contributed by atoms with Crippen molar-refractivity contribution in [2.24, 2.45) is 21.6 Å². The average molecular weight is 813 g/mol. The van der Waals surface area contributed by atoms with Gasteiger partial charge >= 0.3 is 0 Å². The monoisotopic (exact) mass is 813 g/mol. The van der Waals surface area contributed by atoms with Crippen molar-refractivity contribution in [1.82, 2.24) is 10.6 Å². The Morgan fingerprint density at radius 3 is 2.14 bits per heavy atom. The first kappa shape index (κ1) is 55.0. The number of nitrogens with one attached hydrogen (secondary N) is 3. The van der Waals surface area contributed by atoms with Gasteiger partial charge in [-0.3, -0.25) is 14.8 Å². The highest BCUT2D eigenvalue weighted by Gasteiger charge is 2.30. The third kappa shape index (κ3) is 21.5. The van der Waals surface area contributed by atoms with Gasteiger partial charge in [-0.15, -0.1) is 19.1 Å². The van der Waals surface area contributed by atoms with Crippen molar-refractivity contribution in [3.63, 3.8) is 0 Å².